The largest absolute Gasteiger partial charge is 0.497 e. The quantitative estimate of drug-likeness (QED) is 0.814. The van der Waals surface area contributed by atoms with Crippen LogP contribution in [-0.4, -0.2) is 27.2 Å². The topological polar surface area (TPSA) is 75.6 Å². The molecule has 0 saturated heterocycles. The standard InChI is InChI=1S/C17H21NO4S/c1-13(19)15-5-3-14(4-6-15)11-12-18-23(20,21)17-9-7-16(22-2)8-10-17/h3-10,13,18-19H,11-12H2,1-2H3. The lowest BCUT2D eigenvalue weighted by atomic mass is 10.1. The van der Waals surface area contributed by atoms with E-state index in [1.54, 1.807) is 19.1 Å². The zero-order valence-corrected chi connectivity index (χ0v) is 14.0. The van der Waals surface area contributed by atoms with E-state index in [2.05, 4.69) is 4.72 Å². The van der Waals surface area contributed by atoms with E-state index in [0.29, 0.717) is 18.7 Å². The minimum atomic E-state index is -3.52. The summed E-state index contributed by atoms with van der Waals surface area (Å²) in [4.78, 5) is 0.211. The van der Waals surface area contributed by atoms with Crippen LogP contribution >= 0.6 is 0 Å². The fraction of sp³-hybridized carbons (Fsp3) is 0.294. The molecule has 0 aromatic heterocycles. The van der Waals surface area contributed by atoms with Gasteiger partial charge in [-0.3, -0.25) is 0 Å². The van der Waals surface area contributed by atoms with E-state index < -0.39 is 16.1 Å². The summed E-state index contributed by atoms with van der Waals surface area (Å²) in [6.07, 6.45) is 0.0766. The number of sulfonamides is 1. The van der Waals surface area contributed by atoms with Crippen molar-refractivity contribution in [3.8, 4) is 5.75 Å². The molecule has 1 unspecified atom stereocenters. The molecule has 2 aromatic carbocycles. The molecule has 6 heteroatoms. The van der Waals surface area contributed by atoms with Gasteiger partial charge in [-0.2, -0.15) is 0 Å². The number of rotatable bonds is 7. The Morgan fingerprint density at radius 3 is 2.22 bits per heavy atom. The van der Waals surface area contributed by atoms with Gasteiger partial charge in [0.15, 0.2) is 0 Å². The highest BCUT2D eigenvalue weighted by Crippen LogP contribution is 2.16. The Morgan fingerprint density at radius 1 is 1.09 bits per heavy atom. The predicted octanol–water partition coefficient (Wildman–Crippen LogP) is 2.27. The van der Waals surface area contributed by atoms with Crippen molar-refractivity contribution in [2.75, 3.05) is 13.7 Å². The molecule has 5 nitrogen and oxygen atoms in total. The number of hydrogen-bond donors (Lipinski definition) is 2. The monoisotopic (exact) mass is 335 g/mol. The number of ether oxygens (including phenoxy) is 1. The first-order chi connectivity index (χ1) is 10.9. The summed E-state index contributed by atoms with van der Waals surface area (Å²) in [5.74, 6) is 0.613. The van der Waals surface area contributed by atoms with Crippen LogP contribution in [-0.2, 0) is 16.4 Å². The fourth-order valence-electron chi connectivity index (χ4n) is 2.13. The summed E-state index contributed by atoms with van der Waals surface area (Å²) in [6.45, 7) is 2.01. The van der Waals surface area contributed by atoms with Crippen molar-refractivity contribution in [3.63, 3.8) is 0 Å². The first kappa shape index (κ1) is 17.5. The molecule has 0 spiro atoms. The van der Waals surface area contributed by atoms with Crippen LogP contribution in [0.15, 0.2) is 53.4 Å². The van der Waals surface area contributed by atoms with Gasteiger partial charge in [0, 0.05) is 6.54 Å². The maximum Gasteiger partial charge on any atom is 0.240 e. The van der Waals surface area contributed by atoms with E-state index in [0.717, 1.165) is 11.1 Å². The van der Waals surface area contributed by atoms with Gasteiger partial charge in [0.2, 0.25) is 10.0 Å². The maximum absolute atomic E-state index is 12.2. The molecule has 23 heavy (non-hydrogen) atoms. The summed E-state index contributed by atoms with van der Waals surface area (Å²) in [6, 6.07) is 13.7. The van der Waals surface area contributed by atoms with E-state index in [1.165, 1.54) is 19.2 Å². The van der Waals surface area contributed by atoms with Gasteiger partial charge in [-0.05, 0) is 48.7 Å². The van der Waals surface area contributed by atoms with E-state index >= 15 is 0 Å². The highest BCUT2D eigenvalue weighted by Gasteiger charge is 2.13. The average Bonchev–Trinajstić information content (AvgIpc) is 2.55. The van der Waals surface area contributed by atoms with Crippen molar-refractivity contribution in [1.82, 2.24) is 4.72 Å². The van der Waals surface area contributed by atoms with Gasteiger partial charge < -0.3 is 9.84 Å². The summed E-state index contributed by atoms with van der Waals surface area (Å²) < 4.78 is 32.0. The lowest BCUT2D eigenvalue weighted by Gasteiger charge is -2.09. The minimum absolute atomic E-state index is 0.211. The van der Waals surface area contributed by atoms with Gasteiger partial charge in [-0.1, -0.05) is 24.3 Å². The molecular weight excluding hydrogens is 314 g/mol. The molecule has 0 amide bonds. The molecule has 124 valence electrons. The van der Waals surface area contributed by atoms with Gasteiger partial charge in [0.1, 0.15) is 5.75 Å². The number of nitrogens with one attached hydrogen (secondary N) is 1. The Labute approximate surface area is 137 Å². The first-order valence-electron chi connectivity index (χ1n) is 7.33. The highest BCUT2D eigenvalue weighted by molar-refractivity contribution is 7.89. The number of benzene rings is 2. The second-order valence-electron chi connectivity index (χ2n) is 5.24. The summed E-state index contributed by atoms with van der Waals surface area (Å²) in [7, 11) is -1.99. The van der Waals surface area contributed by atoms with Crippen molar-refractivity contribution in [2.24, 2.45) is 0 Å². The molecule has 0 fully saturated rings. The van der Waals surface area contributed by atoms with Gasteiger partial charge >= 0.3 is 0 Å². The molecule has 0 bridgehead atoms. The van der Waals surface area contributed by atoms with Crippen LogP contribution in [0.2, 0.25) is 0 Å². The van der Waals surface area contributed by atoms with Gasteiger partial charge in [0.05, 0.1) is 18.1 Å². The molecule has 0 radical (unpaired) electrons. The Balaban J connectivity index is 1.93. The summed E-state index contributed by atoms with van der Waals surface area (Å²) >= 11 is 0. The molecule has 0 aliphatic carbocycles. The van der Waals surface area contributed by atoms with Crippen molar-refractivity contribution in [3.05, 3.63) is 59.7 Å². The molecule has 0 saturated carbocycles. The molecule has 1 atom stereocenters. The van der Waals surface area contributed by atoms with Gasteiger partial charge in [-0.25, -0.2) is 13.1 Å². The Kier molecular flexibility index (Phi) is 5.76. The van der Waals surface area contributed by atoms with E-state index in [9.17, 15) is 13.5 Å². The van der Waals surface area contributed by atoms with Crippen molar-refractivity contribution in [2.45, 2.75) is 24.3 Å². The first-order valence-corrected chi connectivity index (χ1v) is 8.81. The number of aliphatic hydroxyl groups is 1. The molecule has 0 aliphatic heterocycles. The fourth-order valence-corrected chi connectivity index (χ4v) is 3.16. The molecule has 0 heterocycles. The number of hydrogen-bond acceptors (Lipinski definition) is 4. The van der Waals surface area contributed by atoms with Crippen LogP contribution in [0.5, 0.6) is 5.75 Å². The Morgan fingerprint density at radius 2 is 1.70 bits per heavy atom. The van der Waals surface area contributed by atoms with Crippen LogP contribution < -0.4 is 9.46 Å². The number of aliphatic hydroxyl groups excluding tert-OH is 1. The van der Waals surface area contributed by atoms with E-state index in [1.807, 2.05) is 24.3 Å². The number of methoxy groups -OCH3 is 1. The zero-order chi connectivity index (χ0) is 16.9. The van der Waals surface area contributed by atoms with Crippen LogP contribution in [0.25, 0.3) is 0 Å². The SMILES string of the molecule is COc1ccc(S(=O)(=O)NCCc2ccc(C(C)O)cc2)cc1. The van der Waals surface area contributed by atoms with Crippen LogP contribution in [0, 0.1) is 0 Å². The van der Waals surface area contributed by atoms with Crippen LogP contribution in [0.1, 0.15) is 24.2 Å². The smallest absolute Gasteiger partial charge is 0.240 e. The predicted molar refractivity (Wildman–Crippen MR) is 89.0 cm³/mol. The van der Waals surface area contributed by atoms with E-state index in [-0.39, 0.29) is 4.90 Å². The second-order valence-corrected chi connectivity index (χ2v) is 7.01. The lowest BCUT2D eigenvalue weighted by Crippen LogP contribution is -2.25. The third-order valence-electron chi connectivity index (χ3n) is 3.54. The van der Waals surface area contributed by atoms with Crippen molar-refractivity contribution < 1.29 is 18.3 Å². The molecule has 2 N–H and O–H groups in total. The second kappa shape index (κ2) is 7.59. The highest BCUT2D eigenvalue weighted by atomic mass is 32.2. The van der Waals surface area contributed by atoms with Crippen molar-refractivity contribution >= 4 is 10.0 Å². The third kappa shape index (κ3) is 4.79. The van der Waals surface area contributed by atoms with Crippen LogP contribution in [0.4, 0.5) is 0 Å². The van der Waals surface area contributed by atoms with Gasteiger partial charge in [0.25, 0.3) is 0 Å². The molecule has 0 aliphatic rings. The molecule has 2 rings (SSSR count). The summed E-state index contributed by atoms with van der Waals surface area (Å²) in [5, 5.41) is 9.46. The Bertz CT molecular complexity index is 722. The lowest BCUT2D eigenvalue weighted by molar-refractivity contribution is 0.199. The molecule has 2 aromatic rings. The molecular formula is C17H21NO4S. The normalized spacial score (nSPS) is 12.8. The van der Waals surface area contributed by atoms with Crippen LogP contribution in [0.3, 0.4) is 0 Å². The van der Waals surface area contributed by atoms with E-state index in [4.69, 9.17) is 4.74 Å². The zero-order valence-electron chi connectivity index (χ0n) is 13.2. The average molecular weight is 335 g/mol. The summed E-state index contributed by atoms with van der Waals surface area (Å²) in [5.41, 5.74) is 1.85. The van der Waals surface area contributed by atoms with Gasteiger partial charge in [-0.15, -0.1) is 0 Å². The third-order valence-corrected chi connectivity index (χ3v) is 5.01. The maximum atomic E-state index is 12.2. The minimum Gasteiger partial charge on any atom is -0.497 e. The van der Waals surface area contributed by atoms with Crippen molar-refractivity contribution in [1.29, 1.82) is 0 Å². The Hall–Kier alpha value is -1.89.